The minimum absolute atomic E-state index is 0.414. The Kier molecular flexibility index (Phi) is 5.19. The molecule has 0 saturated carbocycles. The van der Waals surface area contributed by atoms with Crippen molar-refractivity contribution in [2.24, 2.45) is 0 Å². The van der Waals surface area contributed by atoms with Gasteiger partial charge in [0.2, 0.25) is 0 Å². The van der Waals surface area contributed by atoms with Gasteiger partial charge in [-0.2, -0.15) is 0 Å². The molecule has 0 spiro atoms. The van der Waals surface area contributed by atoms with E-state index in [1.807, 2.05) is 26.1 Å². The minimum Gasteiger partial charge on any atom is -0.494 e. The van der Waals surface area contributed by atoms with Crippen LogP contribution >= 0.6 is 0 Å². The molecule has 2 rings (SSSR count). The van der Waals surface area contributed by atoms with Crippen molar-refractivity contribution in [1.82, 2.24) is 5.32 Å². The number of hydrogen-bond donors (Lipinski definition) is 1. The average Bonchev–Trinajstić information content (AvgIpc) is 2.50. The van der Waals surface area contributed by atoms with Crippen molar-refractivity contribution in [2.45, 2.75) is 26.3 Å². The van der Waals surface area contributed by atoms with Gasteiger partial charge in [-0.25, -0.2) is 0 Å². The topological polar surface area (TPSA) is 21.3 Å². The molecular formula is C18H23NO. The van der Waals surface area contributed by atoms with Crippen molar-refractivity contribution in [3.8, 4) is 16.9 Å². The lowest BCUT2D eigenvalue weighted by Crippen LogP contribution is -2.15. The lowest BCUT2D eigenvalue weighted by Gasteiger charge is -2.15. The molecule has 106 valence electrons. The van der Waals surface area contributed by atoms with Gasteiger partial charge in [0, 0.05) is 6.04 Å². The number of nitrogens with one attached hydrogen (secondary N) is 1. The van der Waals surface area contributed by atoms with E-state index in [4.69, 9.17) is 4.74 Å². The summed E-state index contributed by atoms with van der Waals surface area (Å²) in [6.07, 6.45) is 1.09. The molecule has 1 unspecified atom stereocenters. The first kappa shape index (κ1) is 14.6. The molecule has 0 fully saturated rings. The molecule has 1 N–H and O–H groups in total. The fraction of sp³-hybridized carbons (Fsp3) is 0.333. The van der Waals surface area contributed by atoms with Gasteiger partial charge in [-0.05, 0) is 55.3 Å². The van der Waals surface area contributed by atoms with Crippen LogP contribution in [0.1, 0.15) is 31.9 Å². The van der Waals surface area contributed by atoms with Crippen LogP contribution in [0.2, 0.25) is 0 Å². The van der Waals surface area contributed by atoms with Crippen molar-refractivity contribution in [2.75, 3.05) is 13.7 Å². The van der Waals surface area contributed by atoms with Crippen LogP contribution in [0.4, 0.5) is 0 Å². The Morgan fingerprint density at radius 1 is 1.00 bits per heavy atom. The maximum Gasteiger partial charge on any atom is 0.119 e. The second-order valence-electron chi connectivity index (χ2n) is 4.83. The Morgan fingerprint density at radius 3 is 2.35 bits per heavy atom. The maximum absolute atomic E-state index is 5.48. The first-order valence-corrected chi connectivity index (χ1v) is 7.29. The molecule has 0 saturated heterocycles. The highest BCUT2D eigenvalue weighted by Gasteiger charge is 2.07. The number of hydrogen-bond acceptors (Lipinski definition) is 2. The number of rotatable bonds is 6. The van der Waals surface area contributed by atoms with E-state index >= 15 is 0 Å². The summed E-state index contributed by atoms with van der Waals surface area (Å²) in [5, 5.41) is 3.35. The Labute approximate surface area is 121 Å². The summed E-state index contributed by atoms with van der Waals surface area (Å²) < 4.78 is 5.48. The molecule has 0 aliphatic heterocycles. The van der Waals surface area contributed by atoms with Gasteiger partial charge in [-0.3, -0.25) is 0 Å². The summed E-state index contributed by atoms with van der Waals surface area (Å²) >= 11 is 0. The van der Waals surface area contributed by atoms with Crippen LogP contribution in [0.3, 0.4) is 0 Å². The fourth-order valence-corrected chi connectivity index (χ4v) is 2.45. The van der Waals surface area contributed by atoms with E-state index in [2.05, 4.69) is 48.6 Å². The summed E-state index contributed by atoms with van der Waals surface area (Å²) in [6.45, 7) is 4.90. The highest BCUT2D eigenvalue weighted by Crippen LogP contribution is 2.26. The third-order valence-electron chi connectivity index (χ3n) is 3.54. The highest BCUT2D eigenvalue weighted by atomic mass is 16.5. The first-order chi connectivity index (χ1) is 9.78. The molecule has 0 bridgehead atoms. The molecule has 2 aromatic carbocycles. The van der Waals surface area contributed by atoms with Crippen LogP contribution in [-0.4, -0.2) is 13.7 Å². The maximum atomic E-state index is 5.48. The monoisotopic (exact) mass is 269 g/mol. The molecule has 0 radical (unpaired) electrons. The lowest BCUT2D eigenvalue weighted by atomic mass is 9.98. The molecule has 20 heavy (non-hydrogen) atoms. The summed E-state index contributed by atoms with van der Waals surface area (Å²) in [4.78, 5) is 0. The predicted octanol–water partition coefficient (Wildman–Crippen LogP) is 4.42. The standard InChI is InChI=1S/C18H23NO/c1-4-18(19-3)16-8-6-7-15(13-16)14-9-11-17(12-10-14)20-5-2/h6-13,18-19H,4-5H2,1-3H3. The second-order valence-corrected chi connectivity index (χ2v) is 4.83. The van der Waals surface area contributed by atoms with E-state index < -0.39 is 0 Å². The van der Waals surface area contributed by atoms with Crippen molar-refractivity contribution in [3.05, 3.63) is 54.1 Å². The van der Waals surface area contributed by atoms with Gasteiger partial charge in [-0.15, -0.1) is 0 Å². The minimum atomic E-state index is 0.414. The van der Waals surface area contributed by atoms with Gasteiger partial charge in [-0.1, -0.05) is 37.3 Å². The summed E-state index contributed by atoms with van der Waals surface area (Å²) in [7, 11) is 2.01. The zero-order valence-corrected chi connectivity index (χ0v) is 12.5. The third kappa shape index (κ3) is 3.40. The van der Waals surface area contributed by atoms with Crippen molar-refractivity contribution in [3.63, 3.8) is 0 Å². The van der Waals surface area contributed by atoms with Crippen LogP contribution in [0.25, 0.3) is 11.1 Å². The average molecular weight is 269 g/mol. The van der Waals surface area contributed by atoms with Gasteiger partial charge < -0.3 is 10.1 Å². The van der Waals surface area contributed by atoms with Crippen LogP contribution < -0.4 is 10.1 Å². The molecule has 0 aliphatic rings. The number of benzene rings is 2. The number of ether oxygens (including phenoxy) is 1. The van der Waals surface area contributed by atoms with E-state index in [1.165, 1.54) is 16.7 Å². The van der Waals surface area contributed by atoms with E-state index in [0.717, 1.165) is 12.2 Å². The van der Waals surface area contributed by atoms with Crippen LogP contribution in [-0.2, 0) is 0 Å². The van der Waals surface area contributed by atoms with Gasteiger partial charge in [0.25, 0.3) is 0 Å². The van der Waals surface area contributed by atoms with Crippen LogP contribution in [0, 0.1) is 0 Å². The SMILES string of the molecule is CCOc1ccc(-c2cccc(C(CC)NC)c2)cc1. The molecule has 1 atom stereocenters. The molecule has 2 nitrogen and oxygen atoms in total. The summed E-state index contributed by atoms with van der Waals surface area (Å²) in [5.41, 5.74) is 3.81. The molecular weight excluding hydrogens is 246 g/mol. The Balaban J connectivity index is 2.26. The van der Waals surface area contributed by atoms with E-state index in [1.54, 1.807) is 0 Å². The van der Waals surface area contributed by atoms with Crippen molar-refractivity contribution >= 4 is 0 Å². The van der Waals surface area contributed by atoms with E-state index in [-0.39, 0.29) is 0 Å². The van der Waals surface area contributed by atoms with E-state index in [0.29, 0.717) is 12.6 Å². The zero-order valence-electron chi connectivity index (χ0n) is 12.5. The zero-order chi connectivity index (χ0) is 14.4. The molecule has 2 aromatic rings. The Morgan fingerprint density at radius 2 is 1.75 bits per heavy atom. The van der Waals surface area contributed by atoms with E-state index in [9.17, 15) is 0 Å². The summed E-state index contributed by atoms with van der Waals surface area (Å²) in [6, 6.07) is 17.4. The Hall–Kier alpha value is -1.80. The fourth-order valence-electron chi connectivity index (χ4n) is 2.45. The van der Waals surface area contributed by atoms with Gasteiger partial charge >= 0.3 is 0 Å². The molecule has 0 aliphatic carbocycles. The second kappa shape index (κ2) is 7.11. The molecule has 2 heteroatoms. The molecule has 0 heterocycles. The van der Waals surface area contributed by atoms with Gasteiger partial charge in [0.15, 0.2) is 0 Å². The van der Waals surface area contributed by atoms with Crippen LogP contribution in [0.5, 0.6) is 5.75 Å². The molecule has 0 aromatic heterocycles. The highest BCUT2D eigenvalue weighted by molar-refractivity contribution is 5.65. The normalized spacial score (nSPS) is 12.2. The smallest absolute Gasteiger partial charge is 0.119 e. The third-order valence-corrected chi connectivity index (χ3v) is 3.54. The molecule has 0 amide bonds. The Bertz CT molecular complexity index is 529. The van der Waals surface area contributed by atoms with Crippen molar-refractivity contribution in [1.29, 1.82) is 0 Å². The predicted molar refractivity (Wildman–Crippen MR) is 85.1 cm³/mol. The quantitative estimate of drug-likeness (QED) is 0.838. The van der Waals surface area contributed by atoms with Gasteiger partial charge in [0.1, 0.15) is 5.75 Å². The first-order valence-electron chi connectivity index (χ1n) is 7.29. The van der Waals surface area contributed by atoms with Crippen LogP contribution in [0.15, 0.2) is 48.5 Å². The van der Waals surface area contributed by atoms with Gasteiger partial charge in [0.05, 0.1) is 6.61 Å². The largest absolute Gasteiger partial charge is 0.494 e. The summed E-state index contributed by atoms with van der Waals surface area (Å²) in [5.74, 6) is 0.925. The lowest BCUT2D eigenvalue weighted by molar-refractivity contribution is 0.340. The van der Waals surface area contributed by atoms with Crippen molar-refractivity contribution < 1.29 is 4.74 Å².